The molecule has 1 aliphatic rings. The van der Waals surface area contributed by atoms with Crippen LogP contribution in [0.15, 0.2) is 18.2 Å². The van der Waals surface area contributed by atoms with Gasteiger partial charge in [0.1, 0.15) is 0 Å². The Labute approximate surface area is 145 Å². The largest absolute Gasteiger partial charge is 0.490 e. The monoisotopic (exact) mass is 334 g/mol. The fourth-order valence-corrected chi connectivity index (χ4v) is 3.20. The molecule has 1 fully saturated rings. The first kappa shape index (κ1) is 18.6. The van der Waals surface area contributed by atoms with Crippen LogP contribution in [0.4, 0.5) is 0 Å². The minimum Gasteiger partial charge on any atom is -0.490 e. The van der Waals surface area contributed by atoms with Gasteiger partial charge in [0.25, 0.3) is 0 Å². The number of amides is 1. The molecular formula is C19H30N2O3. The van der Waals surface area contributed by atoms with Gasteiger partial charge in [-0.3, -0.25) is 4.79 Å². The lowest BCUT2D eigenvalue weighted by atomic mass is 9.93. The normalized spacial score (nSPS) is 20.0. The average molecular weight is 334 g/mol. The molecule has 1 saturated heterocycles. The van der Waals surface area contributed by atoms with Crippen molar-refractivity contribution in [3.05, 3.63) is 23.8 Å². The second-order valence-electron chi connectivity index (χ2n) is 6.12. The molecular weight excluding hydrogens is 304 g/mol. The van der Waals surface area contributed by atoms with Crippen LogP contribution in [-0.2, 0) is 11.2 Å². The minimum atomic E-state index is -0.366. The highest BCUT2D eigenvalue weighted by molar-refractivity contribution is 5.86. The van der Waals surface area contributed by atoms with E-state index in [2.05, 4.69) is 17.6 Å². The van der Waals surface area contributed by atoms with Gasteiger partial charge in [-0.2, -0.15) is 0 Å². The Morgan fingerprint density at radius 2 is 1.96 bits per heavy atom. The lowest BCUT2D eigenvalue weighted by Gasteiger charge is -2.26. The van der Waals surface area contributed by atoms with Gasteiger partial charge in [0.15, 0.2) is 11.5 Å². The van der Waals surface area contributed by atoms with Crippen LogP contribution < -0.4 is 20.1 Å². The van der Waals surface area contributed by atoms with Gasteiger partial charge in [-0.05, 0) is 63.8 Å². The predicted molar refractivity (Wildman–Crippen MR) is 95.8 cm³/mol. The van der Waals surface area contributed by atoms with Gasteiger partial charge < -0.3 is 20.1 Å². The van der Waals surface area contributed by atoms with E-state index < -0.39 is 0 Å². The maximum absolute atomic E-state index is 12.5. The summed E-state index contributed by atoms with van der Waals surface area (Å²) >= 11 is 0. The van der Waals surface area contributed by atoms with Crippen molar-refractivity contribution in [2.75, 3.05) is 26.3 Å². The topological polar surface area (TPSA) is 59.6 Å². The summed E-state index contributed by atoms with van der Waals surface area (Å²) in [4.78, 5) is 12.5. The highest BCUT2D eigenvalue weighted by Crippen LogP contribution is 2.28. The number of ether oxygens (including phenoxy) is 2. The number of hydrogen-bond acceptors (Lipinski definition) is 4. The van der Waals surface area contributed by atoms with E-state index in [0.29, 0.717) is 19.8 Å². The van der Waals surface area contributed by atoms with Crippen molar-refractivity contribution in [2.45, 2.75) is 52.0 Å². The van der Waals surface area contributed by atoms with Crippen LogP contribution >= 0.6 is 0 Å². The molecule has 2 rings (SSSR count). The zero-order chi connectivity index (χ0) is 17.4. The summed E-state index contributed by atoms with van der Waals surface area (Å²) in [5.74, 6) is 1.66. The SMILES string of the molecule is CCOc1ccc(CCNC(=O)C2(CC)CCCN2)cc1OCC. The Balaban J connectivity index is 1.91. The van der Waals surface area contributed by atoms with Crippen molar-refractivity contribution in [3.8, 4) is 11.5 Å². The molecule has 0 saturated carbocycles. The number of hydrogen-bond donors (Lipinski definition) is 2. The van der Waals surface area contributed by atoms with Crippen molar-refractivity contribution in [3.63, 3.8) is 0 Å². The fraction of sp³-hybridized carbons (Fsp3) is 0.632. The van der Waals surface area contributed by atoms with Gasteiger partial charge in [0.2, 0.25) is 5.91 Å². The molecule has 24 heavy (non-hydrogen) atoms. The summed E-state index contributed by atoms with van der Waals surface area (Å²) < 4.78 is 11.2. The van der Waals surface area contributed by atoms with E-state index in [9.17, 15) is 4.79 Å². The summed E-state index contributed by atoms with van der Waals surface area (Å²) in [6.45, 7) is 8.76. The van der Waals surface area contributed by atoms with Crippen LogP contribution in [0.3, 0.4) is 0 Å². The summed E-state index contributed by atoms with van der Waals surface area (Å²) in [7, 11) is 0. The number of nitrogens with one attached hydrogen (secondary N) is 2. The number of rotatable bonds is 9. The van der Waals surface area contributed by atoms with Crippen molar-refractivity contribution in [1.29, 1.82) is 0 Å². The van der Waals surface area contributed by atoms with Gasteiger partial charge in [-0.25, -0.2) is 0 Å². The number of benzene rings is 1. The van der Waals surface area contributed by atoms with Crippen molar-refractivity contribution < 1.29 is 14.3 Å². The molecule has 1 aliphatic heterocycles. The molecule has 1 aromatic carbocycles. The molecule has 5 heteroatoms. The third-order valence-electron chi connectivity index (χ3n) is 4.59. The van der Waals surface area contributed by atoms with E-state index in [1.807, 2.05) is 32.0 Å². The van der Waals surface area contributed by atoms with Crippen LogP contribution in [0.5, 0.6) is 11.5 Å². The highest BCUT2D eigenvalue weighted by Gasteiger charge is 2.38. The van der Waals surface area contributed by atoms with Gasteiger partial charge in [-0.1, -0.05) is 13.0 Å². The zero-order valence-corrected chi connectivity index (χ0v) is 15.1. The number of carbonyl (C=O) groups excluding carboxylic acids is 1. The summed E-state index contributed by atoms with van der Waals surface area (Å²) in [5.41, 5.74) is 0.766. The number of carbonyl (C=O) groups is 1. The van der Waals surface area contributed by atoms with Crippen LogP contribution in [0.25, 0.3) is 0 Å². The van der Waals surface area contributed by atoms with E-state index in [1.54, 1.807) is 0 Å². The Morgan fingerprint density at radius 3 is 2.58 bits per heavy atom. The van der Waals surface area contributed by atoms with E-state index in [1.165, 1.54) is 0 Å². The molecule has 5 nitrogen and oxygen atoms in total. The molecule has 0 radical (unpaired) electrons. The molecule has 1 amide bonds. The Morgan fingerprint density at radius 1 is 1.21 bits per heavy atom. The van der Waals surface area contributed by atoms with Gasteiger partial charge in [0, 0.05) is 6.54 Å². The summed E-state index contributed by atoms with van der Waals surface area (Å²) in [6, 6.07) is 5.98. The van der Waals surface area contributed by atoms with E-state index in [-0.39, 0.29) is 11.4 Å². The summed E-state index contributed by atoms with van der Waals surface area (Å²) in [6.07, 6.45) is 3.60. The molecule has 2 N–H and O–H groups in total. The molecule has 0 aromatic heterocycles. The Bertz CT molecular complexity index is 539. The van der Waals surface area contributed by atoms with E-state index in [0.717, 1.165) is 49.3 Å². The predicted octanol–water partition coefficient (Wildman–Crippen LogP) is 2.67. The van der Waals surface area contributed by atoms with Gasteiger partial charge in [-0.15, -0.1) is 0 Å². The second kappa shape index (κ2) is 8.92. The Hall–Kier alpha value is -1.75. The highest BCUT2D eigenvalue weighted by atomic mass is 16.5. The molecule has 1 heterocycles. The first-order valence-electron chi connectivity index (χ1n) is 9.07. The third-order valence-corrected chi connectivity index (χ3v) is 4.59. The van der Waals surface area contributed by atoms with Crippen LogP contribution in [0.2, 0.25) is 0 Å². The molecule has 0 spiro atoms. The lowest BCUT2D eigenvalue weighted by molar-refractivity contribution is -0.127. The molecule has 0 bridgehead atoms. The van der Waals surface area contributed by atoms with Crippen LogP contribution in [0.1, 0.15) is 45.6 Å². The fourth-order valence-electron chi connectivity index (χ4n) is 3.20. The lowest BCUT2D eigenvalue weighted by Crippen LogP contribution is -2.53. The summed E-state index contributed by atoms with van der Waals surface area (Å²) in [5, 5.41) is 6.45. The van der Waals surface area contributed by atoms with Crippen LogP contribution in [-0.4, -0.2) is 37.7 Å². The van der Waals surface area contributed by atoms with Crippen molar-refractivity contribution >= 4 is 5.91 Å². The molecule has 0 aliphatic carbocycles. The van der Waals surface area contributed by atoms with E-state index in [4.69, 9.17) is 9.47 Å². The molecule has 134 valence electrons. The third kappa shape index (κ3) is 4.41. The Kier molecular flexibility index (Phi) is 6.91. The smallest absolute Gasteiger partial charge is 0.240 e. The zero-order valence-electron chi connectivity index (χ0n) is 15.1. The standard InChI is InChI=1S/C19H30N2O3/c1-4-19(11-7-12-21-19)18(22)20-13-10-15-8-9-16(23-5-2)17(14-15)24-6-3/h8-9,14,21H,4-7,10-13H2,1-3H3,(H,20,22). The van der Waals surface area contributed by atoms with Crippen molar-refractivity contribution in [1.82, 2.24) is 10.6 Å². The van der Waals surface area contributed by atoms with Crippen molar-refractivity contribution in [2.24, 2.45) is 0 Å². The maximum Gasteiger partial charge on any atom is 0.240 e. The molecule has 1 unspecified atom stereocenters. The maximum atomic E-state index is 12.5. The second-order valence-corrected chi connectivity index (χ2v) is 6.12. The first-order valence-corrected chi connectivity index (χ1v) is 9.07. The van der Waals surface area contributed by atoms with Gasteiger partial charge >= 0.3 is 0 Å². The average Bonchev–Trinajstić information content (AvgIpc) is 3.08. The minimum absolute atomic E-state index is 0.124. The molecule has 1 atom stereocenters. The van der Waals surface area contributed by atoms with Crippen LogP contribution in [0, 0.1) is 0 Å². The quantitative estimate of drug-likeness (QED) is 0.729. The van der Waals surface area contributed by atoms with Gasteiger partial charge in [0.05, 0.1) is 18.8 Å². The first-order chi connectivity index (χ1) is 11.6. The van der Waals surface area contributed by atoms with E-state index >= 15 is 0 Å². The molecule has 1 aromatic rings.